The number of nitrogens with one attached hydrogen (secondary N) is 1. The molecule has 1 saturated heterocycles. The summed E-state index contributed by atoms with van der Waals surface area (Å²) in [5, 5.41) is 3.03. The normalized spacial score (nSPS) is 15.5. The predicted octanol–water partition coefficient (Wildman–Crippen LogP) is 2.83. The number of ether oxygens (including phenoxy) is 1. The number of rotatable bonds is 3. The van der Waals surface area contributed by atoms with E-state index in [0.29, 0.717) is 32.5 Å². The zero-order valence-electron chi connectivity index (χ0n) is 12.3. The Bertz CT molecular complexity index is 560. The number of hydrogen-bond donors (Lipinski definition) is 1. The quantitative estimate of drug-likeness (QED) is 0.928. The highest BCUT2D eigenvalue weighted by Gasteiger charge is 2.25. The molecule has 1 heterocycles. The number of halogens is 2. The smallest absolute Gasteiger partial charge is 0.409 e. The first-order valence-corrected chi connectivity index (χ1v) is 7.56. The fourth-order valence-corrected chi connectivity index (χ4v) is 2.52. The third-order valence-corrected chi connectivity index (χ3v) is 3.77. The summed E-state index contributed by atoms with van der Waals surface area (Å²) in [4.78, 5) is 25.2. The summed E-state index contributed by atoms with van der Waals surface area (Å²) in [5.74, 6) is -1.11. The van der Waals surface area contributed by atoms with Crippen LogP contribution in [0.15, 0.2) is 18.2 Å². The van der Waals surface area contributed by atoms with Gasteiger partial charge in [0.05, 0.1) is 12.2 Å². The Balaban J connectivity index is 1.88. The third kappa shape index (κ3) is 4.10. The number of hydrogen-bond acceptors (Lipinski definition) is 3. The van der Waals surface area contributed by atoms with Crippen LogP contribution in [0, 0.1) is 5.82 Å². The van der Waals surface area contributed by atoms with Crippen molar-refractivity contribution in [2.75, 3.05) is 19.7 Å². The van der Waals surface area contributed by atoms with Crippen molar-refractivity contribution in [1.29, 1.82) is 0 Å². The molecule has 1 aromatic rings. The van der Waals surface area contributed by atoms with Crippen molar-refractivity contribution in [1.82, 2.24) is 10.2 Å². The van der Waals surface area contributed by atoms with Crippen LogP contribution in [-0.4, -0.2) is 42.6 Å². The number of carbonyl (C=O) groups is 2. The zero-order chi connectivity index (χ0) is 16.1. The van der Waals surface area contributed by atoms with Crippen molar-refractivity contribution >= 4 is 23.6 Å². The number of likely N-dealkylation sites (tertiary alicyclic amines) is 1. The van der Waals surface area contributed by atoms with Gasteiger partial charge in [0, 0.05) is 24.2 Å². The number of benzene rings is 1. The van der Waals surface area contributed by atoms with Crippen molar-refractivity contribution in [2.24, 2.45) is 0 Å². The Kier molecular flexibility index (Phi) is 5.60. The summed E-state index contributed by atoms with van der Waals surface area (Å²) in [5.41, 5.74) is -0.0303. The van der Waals surface area contributed by atoms with E-state index in [1.165, 1.54) is 12.1 Å². The van der Waals surface area contributed by atoms with E-state index >= 15 is 0 Å². The molecule has 0 spiro atoms. The van der Waals surface area contributed by atoms with Crippen molar-refractivity contribution in [2.45, 2.75) is 25.8 Å². The molecule has 1 aliphatic rings. The van der Waals surface area contributed by atoms with Gasteiger partial charge in [0.2, 0.25) is 0 Å². The minimum Gasteiger partial charge on any atom is -0.450 e. The van der Waals surface area contributed by atoms with Crippen LogP contribution in [0.4, 0.5) is 9.18 Å². The van der Waals surface area contributed by atoms with Crippen LogP contribution in [0.1, 0.15) is 30.1 Å². The molecule has 0 unspecified atom stereocenters. The summed E-state index contributed by atoms with van der Waals surface area (Å²) < 4.78 is 18.6. The maximum Gasteiger partial charge on any atom is 0.409 e. The van der Waals surface area contributed by atoms with Crippen LogP contribution in [0.3, 0.4) is 0 Å². The topological polar surface area (TPSA) is 58.6 Å². The SMILES string of the molecule is CCOC(=O)N1CCC(NC(=O)c2ccc(Cl)cc2F)CC1. The van der Waals surface area contributed by atoms with E-state index in [2.05, 4.69) is 5.32 Å². The fraction of sp³-hybridized carbons (Fsp3) is 0.467. The molecule has 1 fully saturated rings. The van der Waals surface area contributed by atoms with E-state index in [1.807, 2.05) is 0 Å². The van der Waals surface area contributed by atoms with Crippen molar-refractivity contribution in [3.63, 3.8) is 0 Å². The molecule has 2 amide bonds. The second-order valence-corrected chi connectivity index (χ2v) is 5.49. The van der Waals surface area contributed by atoms with Gasteiger partial charge in [-0.15, -0.1) is 0 Å². The minimum atomic E-state index is -0.644. The summed E-state index contributed by atoms with van der Waals surface area (Å²) >= 11 is 5.66. The van der Waals surface area contributed by atoms with E-state index in [0.717, 1.165) is 6.07 Å². The standard InChI is InChI=1S/C15H18ClFN2O3/c1-2-22-15(21)19-7-5-11(6-8-19)18-14(20)12-4-3-10(16)9-13(12)17/h3-4,9,11H,2,5-8H2,1H3,(H,18,20). The van der Waals surface area contributed by atoms with Crippen LogP contribution < -0.4 is 5.32 Å². The van der Waals surface area contributed by atoms with E-state index in [1.54, 1.807) is 11.8 Å². The third-order valence-electron chi connectivity index (χ3n) is 3.53. The second-order valence-electron chi connectivity index (χ2n) is 5.06. The van der Waals surface area contributed by atoms with Crippen molar-refractivity contribution < 1.29 is 18.7 Å². The predicted molar refractivity (Wildman–Crippen MR) is 80.5 cm³/mol. The lowest BCUT2D eigenvalue weighted by atomic mass is 10.0. The highest BCUT2D eigenvalue weighted by molar-refractivity contribution is 6.30. The molecular weight excluding hydrogens is 311 g/mol. The molecule has 0 saturated carbocycles. The fourth-order valence-electron chi connectivity index (χ4n) is 2.36. The molecule has 1 N–H and O–H groups in total. The average Bonchev–Trinajstić information content (AvgIpc) is 2.48. The molecule has 0 aliphatic carbocycles. The van der Waals surface area contributed by atoms with Gasteiger partial charge in [-0.1, -0.05) is 11.6 Å². The first kappa shape index (κ1) is 16.5. The zero-order valence-corrected chi connectivity index (χ0v) is 13.0. The Morgan fingerprint density at radius 2 is 2.09 bits per heavy atom. The first-order valence-electron chi connectivity index (χ1n) is 7.19. The molecule has 0 radical (unpaired) electrons. The van der Waals surface area contributed by atoms with Crippen LogP contribution in [0.5, 0.6) is 0 Å². The van der Waals surface area contributed by atoms with E-state index in [4.69, 9.17) is 16.3 Å². The maximum absolute atomic E-state index is 13.7. The molecule has 7 heteroatoms. The molecule has 0 atom stereocenters. The Labute approximate surface area is 133 Å². The monoisotopic (exact) mass is 328 g/mol. The summed E-state index contributed by atoms with van der Waals surface area (Å²) in [7, 11) is 0. The summed E-state index contributed by atoms with van der Waals surface area (Å²) in [6.07, 6.45) is 0.885. The molecule has 120 valence electrons. The molecule has 0 aromatic heterocycles. The van der Waals surface area contributed by atoms with Gasteiger partial charge in [0.15, 0.2) is 0 Å². The number of piperidine rings is 1. The molecule has 1 aliphatic heterocycles. The van der Waals surface area contributed by atoms with E-state index in [-0.39, 0.29) is 22.7 Å². The Hall–Kier alpha value is -1.82. The largest absolute Gasteiger partial charge is 0.450 e. The lowest BCUT2D eigenvalue weighted by Crippen LogP contribution is -2.46. The molecular formula is C15H18ClFN2O3. The second kappa shape index (κ2) is 7.45. The van der Waals surface area contributed by atoms with Crippen LogP contribution in [0.2, 0.25) is 5.02 Å². The average molecular weight is 329 g/mol. The molecule has 5 nitrogen and oxygen atoms in total. The van der Waals surface area contributed by atoms with E-state index < -0.39 is 11.7 Å². The number of nitrogens with zero attached hydrogens (tertiary/aromatic N) is 1. The highest BCUT2D eigenvalue weighted by atomic mass is 35.5. The van der Waals surface area contributed by atoms with Gasteiger partial charge >= 0.3 is 6.09 Å². The highest BCUT2D eigenvalue weighted by Crippen LogP contribution is 2.16. The lowest BCUT2D eigenvalue weighted by Gasteiger charge is -2.31. The molecule has 1 aromatic carbocycles. The maximum atomic E-state index is 13.7. The molecule has 2 rings (SSSR count). The van der Waals surface area contributed by atoms with E-state index in [9.17, 15) is 14.0 Å². The molecule has 0 bridgehead atoms. The van der Waals surface area contributed by atoms with Crippen LogP contribution in [-0.2, 0) is 4.74 Å². The first-order chi connectivity index (χ1) is 10.5. The van der Waals surface area contributed by atoms with Crippen molar-refractivity contribution in [3.8, 4) is 0 Å². The Morgan fingerprint density at radius 3 is 2.68 bits per heavy atom. The van der Waals surface area contributed by atoms with Gasteiger partial charge in [-0.25, -0.2) is 9.18 Å². The van der Waals surface area contributed by atoms with Gasteiger partial charge < -0.3 is 15.0 Å². The van der Waals surface area contributed by atoms with Gasteiger partial charge in [0.1, 0.15) is 5.82 Å². The molecule has 22 heavy (non-hydrogen) atoms. The van der Waals surface area contributed by atoms with Gasteiger partial charge in [-0.2, -0.15) is 0 Å². The van der Waals surface area contributed by atoms with Gasteiger partial charge in [0.25, 0.3) is 5.91 Å². The minimum absolute atomic E-state index is 0.0303. The summed E-state index contributed by atoms with van der Waals surface area (Å²) in [6, 6.07) is 3.86. The van der Waals surface area contributed by atoms with Crippen molar-refractivity contribution in [3.05, 3.63) is 34.6 Å². The lowest BCUT2D eigenvalue weighted by molar-refractivity contribution is 0.0857. The number of amides is 2. The van der Waals surface area contributed by atoms with Crippen LogP contribution >= 0.6 is 11.6 Å². The Morgan fingerprint density at radius 1 is 1.41 bits per heavy atom. The van der Waals surface area contributed by atoms with Crippen LogP contribution in [0.25, 0.3) is 0 Å². The van der Waals surface area contributed by atoms with Gasteiger partial charge in [-0.05, 0) is 38.0 Å². The van der Waals surface area contributed by atoms with Gasteiger partial charge in [-0.3, -0.25) is 4.79 Å². The number of carbonyl (C=O) groups excluding carboxylic acids is 2. The summed E-state index contributed by atoms with van der Waals surface area (Å²) in [6.45, 7) is 3.11.